The summed E-state index contributed by atoms with van der Waals surface area (Å²) in [6.45, 7) is 3.70. The number of nitriles is 1. The minimum absolute atomic E-state index is 0.0601. The number of amides is 1. The SMILES string of the molecule is CC[C@H](N)C(=O)N(C)C(C)CC#N. The predicted octanol–water partition coefficient (Wildman–Crippen LogP) is 0.484. The van der Waals surface area contributed by atoms with Gasteiger partial charge in [0.05, 0.1) is 18.5 Å². The molecule has 0 fully saturated rings. The van der Waals surface area contributed by atoms with Crippen molar-refractivity contribution in [3.8, 4) is 6.07 Å². The molecule has 0 aliphatic heterocycles. The maximum atomic E-state index is 11.5. The molecule has 0 aliphatic carbocycles. The molecule has 74 valence electrons. The lowest BCUT2D eigenvalue weighted by molar-refractivity contribution is -0.133. The molecule has 2 N–H and O–H groups in total. The minimum atomic E-state index is -0.439. The highest BCUT2D eigenvalue weighted by molar-refractivity contribution is 5.81. The standard InChI is InChI=1S/C9H17N3O/c1-4-8(11)9(13)12(3)7(2)5-6-10/h7-8H,4-5,11H2,1-3H3/t7?,8-/m0/s1. The Hall–Kier alpha value is -1.08. The van der Waals surface area contributed by atoms with E-state index in [0.29, 0.717) is 12.8 Å². The van der Waals surface area contributed by atoms with Crippen molar-refractivity contribution in [1.29, 1.82) is 5.26 Å². The van der Waals surface area contributed by atoms with Crippen LogP contribution in [0, 0.1) is 11.3 Å². The van der Waals surface area contributed by atoms with Crippen molar-refractivity contribution < 1.29 is 4.79 Å². The number of nitrogens with two attached hydrogens (primary N) is 1. The van der Waals surface area contributed by atoms with E-state index in [-0.39, 0.29) is 11.9 Å². The summed E-state index contributed by atoms with van der Waals surface area (Å²) >= 11 is 0. The van der Waals surface area contributed by atoms with E-state index in [2.05, 4.69) is 0 Å². The molecular formula is C9H17N3O. The molecule has 0 rings (SSSR count). The van der Waals surface area contributed by atoms with Gasteiger partial charge in [-0.2, -0.15) is 5.26 Å². The summed E-state index contributed by atoms with van der Waals surface area (Å²) in [5.41, 5.74) is 5.58. The largest absolute Gasteiger partial charge is 0.341 e. The molecular weight excluding hydrogens is 166 g/mol. The molecule has 4 heteroatoms. The van der Waals surface area contributed by atoms with Crippen LogP contribution in [0.1, 0.15) is 26.7 Å². The first kappa shape index (κ1) is 11.9. The first-order chi connectivity index (χ1) is 6.04. The summed E-state index contributed by atoms with van der Waals surface area (Å²) in [5, 5.41) is 8.44. The van der Waals surface area contributed by atoms with Gasteiger partial charge >= 0.3 is 0 Å². The van der Waals surface area contributed by atoms with Gasteiger partial charge in [0.15, 0.2) is 0 Å². The Labute approximate surface area is 79.3 Å². The van der Waals surface area contributed by atoms with Gasteiger partial charge in [0.25, 0.3) is 0 Å². The van der Waals surface area contributed by atoms with Crippen LogP contribution in [0.5, 0.6) is 0 Å². The van der Waals surface area contributed by atoms with Crippen LogP contribution in [0.25, 0.3) is 0 Å². The van der Waals surface area contributed by atoms with Crippen LogP contribution >= 0.6 is 0 Å². The molecule has 0 saturated heterocycles. The van der Waals surface area contributed by atoms with E-state index < -0.39 is 6.04 Å². The zero-order valence-electron chi connectivity index (χ0n) is 8.45. The molecule has 4 nitrogen and oxygen atoms in total. The number of nitrogens with zero attached hydrogens (tertiary/aromatic N) is 2. The fourth-order valence-electron chi connectivity index (χ4n) is 0.922. The van der Waals surface area contributed by atoms with E-state index in [1.165, 1.54) is 4.90 Å². The zero-order valence-corrected chi connectivity index (χ0v) is 8.45. The fourth-order valence-corrected chi connectivity index (χ4v) is 0.922. The smallest absolute Gasteiger partial charge is 0.239 e. The predicted molar refractivity (Wildman–Crippen MR) is 50.7 cm³/mol. The lowest BCUT2D eigenvalue weighted by Gasteiger charge is -2.25. The lowest BCUT2D eigenvalue weighted by atomic mass is 10.1. The van der Waals surface area contributed by atoms with Gasteiger partial charge in [-0.3, -0.25) is 4.79 Å². The molecule has 0 spiro atoms. The third-order valence-corrected chi connectivity index (χ3v) is 2.15. The van der Waals surface area contributed by atoms with Gasteiger partial charge in [-0.25, -0.2) is 0 Å². The van der Waals surface area contributed by atoms with Crippen LogP contribution in [0.2, 0.25) is 0 Å². The first-order valence-electron chi connectivity index (χ1n) is 4.43. The van der Waals surface area contributed by atoms with Gasteiger partial charge in [0.1, 0.15) is 0 Å². The molecule has 0 aromatic rings. The second-order valence-electron chi connectivity index (χ2n) is 3.18. The molecule has 0 bridgehead atoms. The van der Waals surface area contributed by atoms with Crippen molar-refractivity contribution in [3.05, 3.63) is 0 Å². The molecule has 1 unspecified atom stereocenters. The Bertz CT molecular complexity index is 209. The average Bonchev–Trinajstić information content (AvgIpc) is 2.14. The molecule has 0 aromatic heterocycles. The summed E-state index contributed by atoms with van der Waals surface area (Å²) in [4.78, 5) is 13.0. The van der Waals surface area contributed by atoms with Crippen LogP contribution in [0.15, 0.2) is 0 Å². The second kappa shape index (κ2) is 5.55. The van der Waals surface area contributed by atoms with E-state index >= 15 is 0 Å². The van der Waals surface area contributed by atoms with Gasteiger partial charge in [-0.15, -0.1) is 0 Å². The number of carbonyl (C=O) groups excluding carboxylic acids is 1. The number of rotatable bonds is 4. The highest BCUT2D eigenvalue weighted by Crippen LogP contribution is 2.03. The lowest BCUT2D eigenvalue weighted by Crippen LogP contribution is -2.45. The first-order valence-corrected chi connectivity index (χ1v) is 4.43. The third kappa shape index (κ3) is 3.43. The van der Waals surface area contributed by atoms with Crippen LogP contribution in [-0.2, 0) is 4.79 Å². The summed E-state index contributed by atoms with van der Waals surface area (Å²) in [5.74, 6) is -0.0924. The molecule has 0 radical (unpaired) electrons. The Morgan fingerprint density at radius 1 is 1.69 bits per heavy atom. The highest BCUT2D eigenvalue weighted by atomic mass is 16.2. The van der Waals surface area contributed by atoms with Crippen molar-refractivity contribution >= 4 is 5.91 Å². The molecule has 2 atom stereocenters. The molecule has 0 aromatic carbocycles. The minimum Gasteiger partial charge on any atom is -0.341 e. The van der Waals surface area contributed by atoms with Crippen LogP contribution < -0.4 is 5.73 Å². The maximum Gasteiger partial charge on any atom is 0.239 e. The highest BCUT2D eigenvalue weighted by Gasteiger charge is 2.19. The van der Waals surface area contributed by atoms with E-state index in [1.807, 2.05) is 19.9 Å². The molecule has 0 heterocycles. The van der Waals surface area contributed by atoms with Crippen LogP contribution in [-0.4, -0.2) is 29.9 Å². The zero-order chi connectivity index (χ0) is 10.4. The van der Waals surface area contributed by atoms with Crippen molar-refractivity contribution in [2.75, 3.05) is 7.05 Å². The second-order valence-corrected chi connectivity index (χ2v) is 3.18. The molecule has 0 aliphatic rings. The quantitative estimate of drug-likeness (QED) is 0.689. The number of hydrogen-bond donors (Lipinski definition) is 1. The van der Waals surface area contributed by atoms with Crippen LogP contribution in [0.3, 0.4) is 0 Å². The van der Waals surface area contributed by atoms with Gasteiger partial charge in [0, 0.05) is 13.1 Å². The van der Waals surface area contributed by atoms with Gasteiger partial charge in [0.2, 0.25) is 5.91 Å². The Morgan fingerprint density at radius 3 is 2.62 bits per heavy atom. The Morgan fingerprint density at radius 2 is 2.23 bits per heavy atom. The molecule has 0 saturated carbocycles. The van der Waals surface area contributed by atoms with Gasteiger partial charge in [-0.1, -0.05) is 6.92 Å². The molecule has 1 amide bonds. The van der Waals surface area contributed by atoms with Crippen molar-refractivity contribution in [2.45, 2.75) is 38.8 Å². The van der Waals surface area contributed by atoms with Crippen molar-refractivity contribution in [2.24, 2.45) is 5.73 Å². The Balaban J connectivity index is 4.18. The number of likely N-dealkylation sites (N-methyl/N-ethyl adjacent to an activating group) is 1. The summed E-state index contributed by atoms with van der Waals surface area (Å²) in [6, 6.07) is 1.53. The van der Waals surface area contributed by atoms with Gasteiger partial charge < -0.3 is 10.6 Å². The topological polar surface area (TPSA) is 70.1 Å². The number of hydrogen-bond acceptors (Lipinski definition) is 3. The normalized spacial score (nSPS) is 14.4. The fraction of sp³-hybridized carbons (Fsp3) is 0.778. The average molecular weight is 183 g/mol. The number of carbonyl (C=O) groups is 1. The van der Waals surface area contributed by atoms with E-state index in [1.54, 1.807) is 7.05 Å². The summed E-state index contributed by atoms with van der Waals surface area (Å²) in [7, 11) is 1.68. The monoisotopic (exact) mass is 183 g/mol. The van der Waals surface area contributed by atoms with E-state index in [9.17, 15) is 4.79 Å². The maximum absolute atomic E-state index is 11.5. The van der Waals surface area contributed by atoms with E-state index in [4.69, 9.17) is 11.0 Å². The van der Waals surface area contributed by atoms with Gasteiger partial charge in [-0.05, 0) is 13.3 Å². The molecule has 13 heavy (non-hydrogen) atoms. The van der Waals surface area contributed by atoms with Crippen molar-refractivity contribution in [1.82, 2.24) is 4.90 Å². The third-order valence-electron chi connectivity index (χ3n) is 2.15. The summed E-state index contributed by atoms with van der Waals surface area (Å²) in [6.07, 6.45) is 0.973. The van der Waals surface area contributed by atoms with Crippen molar-refractivity contribution in [3.63, 3.8) is 0 Å². The van der Waals surface area contributed by atoms with E-state index in [0.717, 1.165) is 0 Å². The Kier molecular flexibility index (Phi) is 5.09. The van der Waals surface area contributed by atoms with Crippen LogP contribution in [0.4, 0.5) is 0 Å². The summed E-state index contributed by atoms with van der Waals surface area (Å²) < 4.78 is 0.